The van der Waals surface area contributed by atoms with Crippen LogP contribution in [0.2, 0.25) is 5.02 Å². The summed E-state index contributed by atoms with van der Waals surface area (Å²) < 4.78 is 0. The van der Waals surface area contributed by atoms with E-state index in [2.05, 4.69) is 9.97 Å². The van der Waals surface area contributed by atoms with Gasteiger partial charge in [-0.1, -0.05) is 25.4 Å². The molecule has 108 valence electrons. The number of carboxylic acid groups (broad SMARTS) is 1. The minimum atomic E-state index is -0.878. The molecule has 0 spiro atoms. The minimum Gasteiger partial charge on any atom is -0.481 e. The Balaban J connectivity index is 2.21. The van der Waals surface area contributed by atoms with E-state index in [0.29, 0.717) is 18.8 Å². The summed E-state index contributed by atoms with van der Waals surface area (Å²) in [6, 6.07) is 0. The Labute approximate surface area is 121 Å². The van der Waals surface area contributed by atoms with E-state index in [-0.39, 0.29) is 29.1 Å². The third-order valence-corrected chi connectivity index (χ3v) is 3.58. The number of hydrogen-bond acceptors (Lipinski definition) is 4. The number of rotatable bonds is 3. The topological polar surface area (TPSA) is 83.4 Å². The van der Waals surface area contributed by atoms with Gasteiger partial charge < -0.3 is 10.0 Å². The van der Waals surface area contributed by atoms with Crippen LogP contribution < -0.4 is 0 Å². The Morgan fingerprint density at radius 2 is 2.20 bits per heavy atom. The second-order valence-corrected chi connectivity index (χ2v) is 5.56. The Kier molecular flexibility index (Phi) is 4.23. The molecule has 1 aromatic heterocycles. The number of carboxylic acids is 1. The second kappa shape index (κ2) is 5.75. The molecule has 1 aliphatic rings. The van der Waals surface area contributed by atoms with Crippen LogP contribution in [-0.4, -0.2) is 44.9 Å². The Morgan fingerprint density at radius 3 is 2.75 bits per heavy atom. The molecule has 1 N–H and O–H groups in total. The first kappa shape index (κ1) is 14.7. The highest BCUT2D eigenvalue weighted by Crippen LogP contribution is 2.22. The molecule has 1 fully saturated rings. The summed E-state index contributed by atoms with van der Waals surface area (Å²) >= 11 is 5.98. The molecule has 6 nitrogen and oxygen atoms in total. The van der Waals surface area contributed by atoms with E-state index in [1.54, 1.807) is 0 Å². The summed E-state index contributed by atoms with van der Waals surface area (Å²) in [6.45, 7) is 4.46. The lowest BCUT2D eigenvalue weighted by atomic mass is 10.1. The first-order valence-corrected chi connectivity index (χ1v) is 6.82. The molecular formula is C13H16ClN3O3. The molecule has 2 rings (SSSR count). The summed E-state index contributed by atoms with van der Waals surface area (Å²) in [7, 11) is 0. The molecule has 2 heterocycles. The predicted molar refractivity (Wildman–Crippen MR) is 72.8 cm³/mol. The highest BCUT2D eigenvalue weighted by Gasteiger charge is 2.32. The van der Waals surface area contributed by atoms with E-state index >= 15 is 0 Å². The van der Waals surface area contributed by atoms with Crippen molar-refractivity contribution in [1.29, 1.82) is 0 Å². The van der Waals surface area contributed by atoms with Gasteiger partial charge in [0.15, 0.2) is 5.69 Å². The van der Waals surface area contributed by atoms with Gasteiger partial charge in [-0.15, -0.1) is 0 Å². The van der Waals surface area contributed by atoms with Gasteiger partial charge in [-0.2, -0.15) is 0 Å². The van der Waals surface area contributed by atoms with Crippen LogP contribution in [0.1, 0.15) is 42.5 Å². The standard InChI is InChI=1S/C13H16ClN3O3/c1-7(2)11-15-5-9(14)10(16-11)12(18)17-4-3-8(6-17)13(19)20/h5,7-8H,3-4,6H2,1-2H3,(H,19,20). The maximum atomic E-state index is 12.4. The number of halogens is 1. The molecule has 1 amide bonds. The zero-order valence-corrected chi connectivity index (χ0v) is 12.1. The van der Waals surface area contributed by atoms with Crippen LogP contribution in [-0.2, 0) is 4.79 Å². The van der Waals surface area contributed by atoms with Crippen molar-refractivity contribution in [3.8, 4) is 0 Å². The van der Waals surface area contributed by atoms with Gasteiger partial charge in [0.2, 0.25) is 0 Å². The summed E-state index contributed by atoms with van der Waals surface area (Å²) in [5, 5.41) is 9.16. The van der Waals surface area contributed by atoms with Crippen molar-refractivity contribution in [1.82, 2.24) is 14.9 Å². The molecular weight excluding hydrogens is 282 g/mol. The van der Waals surface area contributed by atoms with Gasteiger partial charge in [0.05, 0.1) is 17.1 Å². The quantitative estimate of drug-likeness (QED) is 0.919. The highest BCUT2D eigenvalue weighted by atomic mass is 35.5. The average molecular weight is 298 g/mol. The van der Waals surface area contributed by atoms with Crippen LogP contribution in [0.15, 0.2) is 6.20 Å². The highest BCUT2D eigenvalue weighted by molar-refractivity contribution is 6.33. The number of amides is 1. The number of aromatic nitrogens is 2. The molecule has 1 aliphatic heterocycles. The van der Waals surface area contributed by atoms with Gasteiger partial charge >= 0.3 is 5.97 Å². The molecule has 1 unspecified atom stereocenters. The molecule has 7 heteroatoms. The number of hydrogen-bond donors (Lipinski definition) is 1. The van der Waals surface area contributed by atoms with E-state index in [4.69, 9.17) is 16.7 Å². The van der Waals surface area contributed by atoms with Crippen LogP contribution in [0.25, 0.3) is 0 Å². The average Bonchev–Trinajstić information content (AvgIpc) is 2.88. The van der Waals surface area contributed by atoms with Gasteiger partial charge in [0.1, 0.15) is 5.82 Å². The molecule has 0 radical (unpaired) electrons. The van der Waals surface area contributed by atoms with Gasteiger partial charge in [-0.3, -0.25) is 9.59 Å². The first-order chi connectivity index (χ1) is 9.40. The summed E-state index contributed by atoms with van der Waals surface area (Å²) in [5.41, 5.74) is 0.149. The third-order valence-electron chi connectivity index (χ3n) is 3.31. The fourth-order valence-electron chi connectivity index (χ4n) is 2.10. The van der Waals surface area contributed by atoms with Crippen molar-refractivity contribution in [3.05, 3.63) is 22.7 Å². The number of likely N-dealkylation sites (tertiary alicyclic amines) is 1. The fourth-order valence-corrected chi connectivity index (χ4v) is 2.28. The van der Waals surface area contributed by atoms with Crippen LogP contribution in [0, 0.1) is 5.92 Å². The number of carbonyl (C=O) groups is 2. The van der Waals surface area contributed by atoms with E-state index in [9.17, 15) is 9.59 Å². The fraction of sp³-hybridized carbons (Fsp3) is 0.538. The zero-order valence-electron chi connectivity index (χ0n) is 11.3. The smallest absolute Gasteiger partial charge is 0.308 e. The molecule has 1 atom stereocenters. The lowest BCUT2D eigenvalue weighted by Gasteiger charge is -2.16. The van der Waals surface area contributed by atoms with Crippen molar-refractivity contribution in [2.45, 2.75) is 26.2 Å². The van der Waals surface area contributed by atoms with Gasteiger partial charge in [-0.25, -0.2) is 9.97 Å². The normalized spacial score (nSPS) is 18.6. The van der Waals surface area contributed by atoms with Crippen LogP contribution in [0.4, 0.5) is 0 Å². The largest absolute Gasteiger partial charge is 0.481 e. The number of nitrogens with zero attached hydrogens (tertiary/aromatic N) is 3. The molecule has 20 heavy (non-hydrogen) atoms. The van der Waals surface area contributed by atoms with E-state index in [1.807, 2.05) is 13.8 Å². The van der Waals surface area contributed by atoms with Crippen molar-refractivity contribution in [2.24, 2.45) is 5.92 Å². The van der Waals surface area contributed by atoms with Crippen molar-refractivity contribution >= 4 is 23.5 Å². The van der Waals surface area contributed by atoms with Crippen LogP contribution in [0.3, 0.4) is 0 Å². The SMILES string of the molecule is CC(C)c1ncc(Cl)c(C(=O)N2CCC(C(=O)O)C2)n1. The maximum Gasteiger partial charge on any atom is 0.308 e. The first-order valence-electron chi connectivity index (χ1n) is 6.44. The summed E-state index contributed by atoms with van der Waals surface area (Å²) in [5.74, 6) is -1.08. The molecule has 1 saturated heterocycles. The van der Waals surface area contributed by atoms with Crippen molar-refractivity contribution in [3.63, 3.8) is 0 Å². The monoisotopic (exact) mass is 297 g/mol. The summed E-state index contributed by atoms with van der Waals surface area (Å²) in [4.78, 5) is 33.1. The minimum absolute atomic E-state index is 0.0872. The van der Waals surface area contributed by atoms with Gasteiger partial charge in [-0.05, 0) is 6.42 Å². The summed E-state index contributed by atoms with van der Waals surface area (Å²) in [6.07, 6.45) is 1.88. The molecule has 0 aliphatic carbocycles. The van der Waals surface area contributed by atoms with Crippen LogP contribution in [0.5, 0.6) is 0 Å². The molecule has 0 aromatic carbocycles. The Morgan fingerprint density at radius 1 is 1.50 bits per heavy atom. The van der Waals surface area contributed by atoms with Gasteiger partial charge in [0, 0.05) is 19.0 Å². The predicted octanol–water partition coefficient (Wildman–Crippen LogP) is 1.80. The second-order valence-electron chi connectivity index (χ2n) is 5.15. The van der Waals surface area contributed by atoms with E-state index in [0.717, 1.165) is 0 Å². The Hall–Kier alpha value is -1.69. The number of aliphatic carboxylic acids is 1. The van der Waals surface area contributed by atoms with Crippen molar-refractivity contribution < 1.29 is 14.7 Å². The van der Waals surface area contributed by atoms with E-state index < -0.39 is 11.9 Å². The lowest BCUT2D eigenvalue weighted by molar-refractivity contribution is -0.141. The molecule has 0 bridgehead atoms. The molecule has 1 aromatic rings. The van der Waals surface area contributed by atoms with Crippen molar-refractivity contribution in [2.75, 3.05) is 13.1 Å². The number of carbonyl (C=O) groups excluding carboxylic acids is 1. The third kappa shape index (κ3) is 2.90. The Bertz CT molecular complexity index is 548. The maximum absolute atomic E-state index is 12.4. The zero-order chi connectivity index (χ0) is 14.9. The van der Waals surface area contributed by atoms with Crippen LogP contribution >= 0.6 is 11.6 Å². The van der Waals surface area contributed by atoms with E-state index in [1.165, 1.54) is 11.1 Å². The lowest BCUT2D eigenvalue weighted by Crippen LogP contribution is -2.31. The van der Waals surface area contributed by atoms with Gasteiger partial charge in [0.25, 0.3) is 5.91 Å². The molecule has 0 saturated carbocycles.